The van der Waals surface area contributed by atoms with E-state index in [4.69, 9.17) is 15.5 Å². The second kappa shape index (κ2) is 9.38. The van der Waals surface area contributed by atoms with E-state index < -0.39 is 24.5 Å². The molecule has 0 spiro atoms. The highest BCUT2D eigenvalue weighted by molar-refractivity contribution is 5.89. The summed E-state index contributed by atoms with van der Waals surface area (Å²) in [6.45, 7) is 1.75. The number of nitrogens with two attached hydrogens (primary N) is 1. The highest BCUT2D eigenvalue weighted by atomic mass is 19.4. The van der Waals surface area contributed by atoms with Crippen molar-refractivity contribution in [1.29, 1.82) is 0 Å². The van der Waals surface area contributed by atoms with Crippen LogP contribution in [0.1, 0.15) is 35.4 Å². The van der Waals surface area contributed by atoms with Crippen molar-refractivity contribution in [3.8, 4) is 11.5 Å². The van der Waals surface area contributed by atoms with Gasteiger partial charge in [-0.05, 0) is 30.7 Å². The molecule has 1 aromatic heterocycles. The van der Waals surface area contributed by atoms with Gasteiger partial charge in [0.1, 0.15) is 17.6 Å². The molecule has 0 fully saturated rings. The third-order valence-electron chi connectivity index (χ3n) is 3.67. The van der Waals surface area contributed by atoms with Gasteiger partial charge in [0.25, 0.3) is 0 Å². The van der Waals surface area contributed by atoms with Gasteiger partial charge in [0.15, 0.2) is 0 Å². The maximum Gasteiger partial charge on any atom is 0.573 e. The van der Waals surface area contributed by atoms with Gasteiger partial charge in [-0.1, -0.05) is 12.1 Å². The van der Waals surface area contributed by atoms with E-state index in [0.717, 1.165) is 0 Å². The van der Waals surface area contributed by atoms with Crippen molar-refractivity contribution >= 4 is 5.97 Å². The molecule has 152 valence electrons. The summed E-state index contributed by atoms with van der Waals surface area (Å²) >= 11 is 0. The fourth-order valence-corrected chi connectivity index (χ4v) is 2.45. The molecule has 0 aliphatic rings. The molecule has 2 N–H and O–H groups in total. The lowest BCUT2D eigenvalue weighted by Gasteiger charge is -2.21. The summed E-state index contributed by atoms with van der Waals surface area (Å²) in [6.07, 6.45) is -2.73. The molecular weight excluding hydrogens is 381 g/mol. The molecule has 2 rings (SSSR count). The topological polar surface area (TPSA) is 92.9 Å². The summed E-state index contributed by atoms with van der Waals surface area (Å²) in [5, 5.41) is 0. The molecule has 2 atom stereocenters. The average Bonchev–Trinajstić information content (AvgIpc) is 2.65. The molecule has 1 heterocycles. The van der Waals surface area contributed by atoms with Crippen molar-refractivity contribution in [2.75, 3.05) is 7.11 Å². The molecule has 10 heteroatoms. The summed E-state index contributed by atoms with van der Waals surface area (Å²) in [7, 11) is 1.26. The minimum absolute atomic E-state index is 0.235. The maximum atomic E-state index is 12.2. The molecule has 0 saturated carbocycles. The summed E-state index contributed by atoms with van der Waals surface area (Å²) < 4.78 is 50.9. The van der Waals surface area contributed by atoms with Crippen molar-refractivity contribution in [1.82, 2.24) is 4.98 Å². The van der Waals surface area contributed by atoms with Gasteiger partial charge in [0, 0.05) is 12.6 Å². The molecule has 0 aliphatic heterocycles. The Morgan fingerprint density at radius 1 is 1.18 bits per heavy atom. The number of alkyl halides is 3. The highest BCUT2D eigenvalue weighted by Crippen LogP contribution is 2.28. The van der Waals surface area contributed by atoms with E-state index >= 15 is 0 Å². The number of rotatable bonds is 8. The quantitative estimate of drug-likeness (QED) is 0.535. The van der Waals surface area contributed by atoms with E-state index in [1.54, 1.807) is 6.92 Å². The molecule has 0 saturated heterocycles. The molecule has 7 nitrogen and oxygen atoms in total. The molecule has 1 unspecified atom stereocenters. The summed E-state index contributed by atoms with van der Waals surface area (Å²) in [6, 6.07) is 6.67. The first-order valence-corrected chi connectivity index (χ1v) is 8.13. The Morgan fingerprint density at radius 3 is 2.43 bits per heavy atom. The van der Waals surface area contributed by atoms with E-state index in [1.165, 1.54) is 49.8 Å². The van der Waals surface area contributed by atoms with E-state index in [1.807, 2.05) is 0 Å². The molecule has 0 amide bonds. The number of esters is 1. The normalized spacial score (nSPS) is 13.5. The van der Waals surface area contributed by atoms with Crippen LogP contribution in [0, 0.1) is 0 Å². The second-order valence-corrected chi connectivity index (χ2v) is 5.81. The summed E-state index contributed by atoms with van der Waals surface area (Å²) in [5.41, 5.74) is 0.785. The second-order valence-electron chi connectivity index (χ2n) is 5.81. The van der Waals surface area contributed by atoms with Crippen molar-refractivity contribution in [2.24, 2.45) is 5.90 Å². The van der Waals surface area contributed by atoms with E-state index in [-0.39, 0.29) is 11.3 Å². The Kier molecular flexibility index (Phi) is 7.18. The molecule has 0 aliphatic carbocycles. The number of pyridine rings is 1. The van der Waals surface area contributed by atoms with Gasteiger partial charge in [0.05, 0.1) is 25.0 Å². The van der Waals surface area contributed by atoms with Crippen LogP contribution in [0.4, 0.5) is 13.2 Å². The zero-order valence-electron chi connectivity index (χ0n) is 15.1. The molecule has 1 aromatic carbocycles. The standard InChI is InChI=1S/C18H19F3N2O5/c1-11(26-15-8-13(9-23-10-15)17(24)25-2)7-16(28-22)12-3-5-14(6-4-12)27-18(19,20)21/h3-6,8-11,16H,7,22H2,1-2H3/t11?,16-/m1/s1. The van der Waals surface area contributed by atoms with Gasteiger partial charge < -0.3 is 14.2 Å². The third-order valence-corrected chi connectivity index (χ3v) is 3.67. The van der Waals surface area contributed by atoms with Gasteiger partial charge in [0.2, 0.25) is 0 Å². The Balaban J connectivity index is 2.01. The Hall–Kier alpha value is -2.85. The smallest absolute Gasteiger partial charge is 0.489 e. The molecule has 0 radical (unpaired) electrons. The first-order valence-electron chi connectivity index (χ1n) is 8.13. The molecular formula is C18H19F3N2O5. The van der Waals surface area contributed by atoms with Gasteiger partial charge >= 0.3 is 12.3 Å². The van der Waals surface area contributed by atoms with Crippen LogP contribution in [0.2, 0.25) is 0 Å². The third kappa shape index (κ3) is 6.39. The first kappa shape index (κ1) is 21.5. The Labute approximate surface area is 159 Å². The lowest BCUT2D eigenvalue weighted by Crippen LogP contribution is -2.20. The predicted molar refractivity (Wildman–Crippen MR) is 91.4 cm³/mol. The fourth-order valence-electron chi connectivity index (χ4n) is 2.45. The van der Waals surface area contributed by atoms with Crippen molar-refractivity contribution in [3.63, 3.8) is 0 Å². The van der Waals surface area contributed by atoms with Gasteiger partial charge in [-0.25, -0.2) is 10.7 Å². The number of aromatic nitrogens is 1. The SMILES string of the molecule is COC(=O)c1cncc(OC(C)C[C@@H](ON)c2ccc(OC(F)(F)F)cc2)c1. The monoisotopic (exact) mass is 400 g/mol. The first-order chi connectivity index (χ1) is 13.2. The van der Waals surface area contributed by atoms with Crippen LogP contribution in [0.25, 0.3) is 0 Å². The van der Waals surface area contributed by atoms with Gasteiger partial charge in [-0.15, -0.1) is 13.2 Å². The summed E-state index contributed by atoms with van der Waals surface area (Å²) in [5.74, 6) is 4.78. The lowest BCUT2D eigenvalue weighted by atomic mass is 10.0. The van der Waals surface area contributed by atoms with Crippen LogP contribution in [0.3, 0.4) is 0 Å². The Morgan fingerprint density at radius 2 is 1.86 bits per heavy atom. The number of carbonyl (C=O) groups is 1. The molecule has 28 heavy (non-hydrogen) atoms. The number of carbonyl (C=O) groups excluding carboxylic acids is 1. The number of benzene rings is 1. The number of hydrogen-bond acceptors (Lipinski definition) is 7. The van der Waals surface area contributed by atoms with Crippen LogP contribution in [-0.4, -0.2) is 30.5 Å². The minimum atomic E-state index is -4.76. The van der Waals surface area contributed by atoms with Crippen molar-refractivity contribution in [3.05, 3.63) is 53.9 Å². The average molecular weight is 400 g/mol. The van der Waals surface area contributed by atoms with E-state index in [2.05, 4.69) is 14.5 Å². The molecule has 2 aromatic rings. The number of methoxy groups -OCH3 is 1. The number of nitrogens with zero attached hydrogens (tertiary/aromatic N) is 1. The van der Waals surface area contributed by atoms with Crippen LogP contribution in [0.15, 0.2) is 42.7 Å². The van der Waals surface area contributed by atoms with Crippen molar-refractivity contribution < 1.29 is 37.0 Å². The minimum Gasteiger partial charge on any atom is -0.489 e. The maximum absolute atomic E-state index is 12.2. The van der Waals surface area contributed by atoms with Crippen LogP contribution in [-0.2, 0) is 9.57 Å². The number of halogens is 3. The molecule has 0 bridgehead atoms. The van der Waals surface area contributed by atoms with Crippen molar-refractivity contribution in [2.45, 2.75) is 31.9 Å². The van der Waals surface area contributed by atoms with Crippen LogP contribution < -0.4 is 15.4 Å². The predicted octanol–water partition coefficient (Wildman–Crippen LogP) is 3.56. The van der Waals surface area contributed by atoms with Gasteiger partial charge in [-0.2, -0.15) is 0 Å². The summed E-state index contributed by atoms with van der Waals surface area (Å²) in [4.78, 5) is 20.4. The van der Waals surface area contributed by atoms with E-state index in [9.17, 15) is 18.0 Å². The lowest BCUT2D eigenvalue weighted by molar-refractivity contribution is -0.274. The largest absolute Gasteiger partial charge is 0.573 e. The number of hydrogen-bond donors (Lipinski definition) is 1. The van der Waals surface area contributed by atoms with Crippen LogP contribution in [0.5, 0.6) is 11.5 Å². The number of ether oxygens (including phenoxy) is 3. The zero-order chi connectivity index (χ0) is 20.7. The zero-order valence-corrected chi connectivity index (χ0v) is 15.1. The van der Waals surface area contributed by atoms with E-state index in [0.29, 0.717) is 17.7 Å². The fraction of sp³-hybridized carbons (Fsp3) is 0.333. The van der Waals surface area contributed by atoms with Gasteiger partial charge in [-0.3, -0.25) is 9.82 Å². The van der Waals surface area contributed by atoms with Crippen LogP contribution >= 0.6 is 0 Å². The highest BCUT2D eigenvalue weighted by Gasteiger charge is 2.31. The Bertz CT molecular complexity index is 784.